The predicted molar refractivity (Wildman–Crippen MR) is 158 cm³/mol. The molecule has 2 aliphatic heterocycles. The van der Waals surface area contributed by atoms with Crippen LogP contribution in [0.1, 0.15) is 24.0 Å². The normalized spacial score (nSPS) is 19.3. The van der Waals surface area contributed by atoms with E-state index in [0.717, 1.165) is 10.6 Å². The number of methoxy groups -OCH3 is 1. The first kappa shape index (κ1) is 30.1. The number of hydrogen-bond donors (Lipinski definition) is 2. The van der Waals surface area contributed by atoms with Gasteiger partial charge in [0.05, 0.1) is 23.9 Å². The van der Waals surface area contributed by atoms with Gasteiger partial charge in [0.25, 0.3) is 5.91 Å². The van der Waals surface area contributed by atoms with Crippen LogP contribution < -0.4 is 24.8 Å². The van der Waals surface area contributed by atoms with Crippen LogP contribution in [0.25, 0.3) is 0 Å². The van der Waals surface area contributed by atoms with Gasteiger partial charge in [-0.1, -0.05) is 23.9 Å². The Morgan fingerprint density at radius 2 is 2.00 bits per heavy atom. The Labute approximate surface area is 253 Å². The van der Waals surface area contributed by atoms with Crippen LogP contribution in [-0.4, -0.2) is 72.3 Å². The topological polar surface area (TPSA) is 119 Å². The summed E-state index contributed by atoms with van der Waals surface area (Å²) in [5, 5.41) is 6.54. The van der Waals surface area contributed by atoms with E-state index in [4.69, 9.17) is 14.2 Å². The molecule has 2 aromatic carbocycles. The Kier molecular flexibility index (Phi) is 9.98. The molecule has 2 N–H and O–H groups in total. The van der Waals surface area contributed by atoms with Crippen LogP contribution >= 0.6 is 11.8 Å². The van der Waals surface area contributed by atoms with Crippen LogP contribution in [0, 0.1) is 5.82 Å². The maximum absolute atomic E-state index is 14.5. The first-order chi connectivity index (χ1) is 20.9. The SMILES string of the molecule is COc1ccc2cc1OCC(=O)N[C@@H]1CN(C(=O)CSc3ccccn3)CC[C@H]1Oc1cc(F)cc(c1)CNC(=O)CC2. The van der Waals surface area contributed by atoms with E-state index in [1.807, 2.05) is 24.3 Å². The molecule has 1 fully saturated rings. The second kappa shape index (κ2) is 14.2. The minimum atomic E-state index is -0.591. The molecule has 2 atom stereocenters. The van der Waals surface area contributed by atoms with Crippen molar-refractivity contribution in [3.8, 4) is 17.2 Å². The molecule has 0 saturated carbocycles. The summed E-state index contributed by atoms with van der Waals surface area (Å²) in [6, 6.07) is 14.5. The summed E-state index contributed by atoms with van der Waals surface area (Å²) in [4.78, 5) is 44.7. The van der Waals surface area contributed by atoms with Crippen LogP contribution in [-0.2, 0) is 27.3 Å². The van der Waals surface area contributed by atoms with Crippen LogP contribution in [0.2, 0.25) is 0 Å². The van der Waals surface area contributed by atoms with E-state index in [-0.39, 0.29) is 49.4 Å². The zero-order valence-corrected chi connectivity index (χ0v) is 24.5. The molecule has 3 heterocycles. The maximum atomic E-state index is 14.5. The number of hydrogen-bond acceptors (Lipinski definition) is 8. The standard InChI is InChI=1S/C31H33FN4O6S/c1-40-26-7-5-20-6-8-28(37)34-16-21-12-22(32)15-23(13-21)42-25-9-11-36(31(39)19-43-30-4-2-3-10-33-30)17-24(25)35-29(38)18-41-27(26)14-20/h2-5,7,10,12-15,24-25H,6,8-9,11,16-19H2,1H3,(H,34,37)(H,35,38)/t24-,25-/m1/s1. The number of nitrogens with one attached hydrogen (secondary N) is 2. The smallest absolute Gasteiger partial charge is 0.258 e. The summed E-state index contributed by atoms with van der Waals surface area (Å²) in [6.07, 6.45) is 2.18. The van der Waals surface area contributed by atoms with Crippen LogP contribution in [0.5, 0.6) is 17.2 Å². The zero-order chi connectivity index (χ0) is 30.2. The number of halogens is 1. The van der Waals surface area contributed by atoms with Gasteiger partial charge >= 0.3 is 0 Å². The molecule has 0 unspecified atom stereocenters. The highest BCUT2D eigenvalue weighted by Gasteiger charge is 2.34. The molecule has 0 radical (unpaired) electrons. The van der Waals surface area contributed by atoms with Gasteiger partial charge in [-0.15, -0.1) is 0 Å². The zero-order valence-electron chi connectivity index (χ0n) is 23.7. The number of pyridine rings is 1. The lowest BCUT2D eigenvalue weighted by Gasteiger charge is -2.39. The summed E-state index contributed by atoms with van der Waals surface area (Å²) in [5.74, 6) is 0.100. The van der Waals surface area contributed by atoms with E-state index in [1.54, 1.807) is 29.3 Å². The second-order valence-electron chi connectivity index (χ2n) is 10.3. The van der Waals surface area contributed by atoms with Crippen molar-refractivity contribution >= 4 is 29.5 Å². The van der Waals surface area contributed by atoms with Crippen LogP contribution in [0.3, 0.4) is 0 Å². The van der Waals surface area contributed by atoms with Gasteiger partial charge < -0.3 is 29.7 Å². The molecular formula is C31H33FN4O6S. The Morgan fingerprint density at radius 3 is 2.81 bits per heavy atom. The molecule has 3 amide bonds. The summed E-state index contributed by atoms with van der Waals surface area (Å²) < 4.78 is 32.0. The van der Waals surface area contributed by atoms with Crippen molar-refractivity contribution < 1.29 is 33.0 Å². The number of ether oxygens (including phenoxy) is 3. The molecule has 3 aromatic rings. The Bertz CT molecular complexity index is 1460. The van der Waals surface area contributed by atoms with E-state index in [1.165, 1.54) is 31.0 Å². The molecule has 10 nitrogen and oxygen atoms in total. The number of carbonyl (C=O) groups excluding carboxylic acids is 3. The van der Waals surface area contributed by atoms with Crippen molar-refractivity contribution in [3.63, 3.8) is 0 Å². The third kappa shape index (κ3) is 8.38. The number of aryl methyl sites for hydroxylation is 1. The van der Waals surface area contributed by atoms with Crippen molar-refractivity contribution in [2.24, 2.45) is 0 Å². The van der Waals surface area contributed by atoms with Gasteiger partial charge in [-0.3, -0.25) is 14.4 Å². The van der Waals surface area contributed by atoms with Gasteiger partial charge in [-0.25, -0.2) is 9.37 Å². The lowest BCUT2D eigenvalue weighted by atomic mass is 10.0. The average Bonchev–Trinajstić information content (AvgIpc) is 3.01. The predicted octanol–water partition coefficient (Wildman–Crippen LogP) is 3.13. The summed E-state index contributed by atoms with van der Waals surface area (Å²) >= 11 is 1.34. The molecule has 12 heteroatoms. The number of thioether (sulfide) groups is 1. The third-order valence-corrected chi connectivity index (χ3v) is 8.09. The Hall–Kier alpha value is -4.32. The number of piperidine rings is 1. The van der Waals surface area contributed by atoms with Crippen molar-refractivity contribution in [3.05, 3.63) is 77.7 Å². The van der Waals surface area contributed by atoms with Gasteiger partial charge in [-0.2, -0.15) is 0 Å². The number of amides is 3. The lowest BCUT2D eigenvalue weighted by Crippen LogP contribution is -2.59. The molecule has 0 spiro atoms. The van der Waals surface area contributed by atoms with E-state index >= 15 is 0 Å². The van der Waals surface area contributed by atoms with Crippen LogP contribution in [0.15, 0.2) is 65.8 Å². The van der Waals surface area contributed by atoms with E-state index in [0.29, 0.717) is 36.4 Å². The first-order valence-corrected chi connectivity index (χ1v) is 15.0. The highest BCUT2D eigenvalue weighted by molar-refractivity contribution is 7.99. The number of nitrogens with zero attached hydrogens (tertiary/aromatic N) is 2. The third-order valence-electron chi connectivity index (χ3n) is 7.17. The fourth-order valence-electron chi connectivity index (χ4n) is 4.99. The van der Waals surface area contributed by atoms with Crippen molar-refractivity contribution in [1.82, 2.24) is 20.5 Å². The number of rotatable bonds is 4. The molecule has 1 saturated heterocycles. The fraction of sp³-hybridized carbons (Fsp3) is 0.355. The maximum Gasteiger partial charge on any atom is 0.258 e. The minimum Gasteiger partial charge on any atom is -0.493 e. The molecule has 0 aliphatic carbocycles. The average molecular weight is 609 g/mol. The molecule has 1 aromatic heterocycles. The number of fused-ring (bicyclic) bond motifs is 5. The number of carbonyl (C=O) groups is 3. The second-order valence-corrected chi connectivity index (χ2v) is 11.3. The Balaban J connectivity index is 1.36. The number of benzene rings is 2. The lowest BCUT2D eigenvalue weighted by molar-refractivity contribution is -0.133. The van der Waals surface area contributed by atoms with E-state index < -0.39 is 23.9 Å². The van der Waals surface area contributed by atoms with Crippen molar-refractivity contribution in [1.29, 1.82) is 0 Å². The van der Waals surface area contributed by atoms with Crippen LogP contribution in [0.4, 0.5) is 4.39 Å². The Morgan fingerprint density at radius 1 is 1.12 bits per heavy atom. The number of likely N-dealkylation sites (tertiary alicyclic amines) is 1. The fourth-order valence-corrected chi connectivity index (χ4v) is 5.75. The monoisotopic (exact) mass is 608 g/mol. The van der Waals surface area contributed by atoms with Gasteiger partial charge in [0, 0.05) is 44.7 Å². The minimum absolute atomic E-state index is 0.0932. The highest BCUT2D eigenvalue weighted by atomic mass is 32.2. The molecule has 4 bridgehead atoms. The highest BCUT2D eigenvalue weighted by Crippen LogP contribution is 2.29. The van der Waals surface area contributed by atoms with E-state index in [2.05, 4.69) is 15.6 Å². The summed E-state index contributed by atoms with van der Waals surface area (Å²) in [7, 11) is 1.51. The molecular weight excluding hydrogens is 575 g/mol. The van der Waals surface area contributed by atoms with Crippen molar-refractivity contribution in [2.45, 2.75) is 43.0 Å². The molecule has 43 heavy (non-hydrogen) atoms. The first-order valence-electron chi connectivity index (χ1n) is 14.0. The molecule has 2 aliphatic rings. The van der Waals surface area contributed by atoms with Gasteiger partial charge in [0.15, 0.2) is 18.1 Å². The quantitative estimate of drug-likeness (QED) is 0.434. The molecule has 5 rings (SSSR count). The van der Waals surface area contributed by atoms with E-state index in [9.17, 15) is 18.8 Å². The van der Waals surface area contributed by atoms with Gasteiger partial charge in [0.2, 0.25) is 11.8 Å². The van der Waals surface area contributed by atoms with Gasteiger partial charge in [-0.05, 0) is 53.9 Å². The summed E-state index contributed by atoms with van der Waals surface area (Å²) in [5.41, 5.74) is 1.38. The number of aromatic nitrogens is 1. The molecule has 226 valence electrons. The van der Waals surface area contributed by atoms with Crippen molar-refractivity contribution in [2.75, 3.05) is 32.6 Å². The largest absolute Gasteiger partial charge is 0.493 e. The summed E-state index contributed by atoms with van der Waals surface area (Å²) in [6.45, 7) is 0.425. The van der Waals surface area contributed by atoms with Gasteiger partial charge in [0.1, 0.15) is 17.7 Å².